The van der Waals surface area contributed by atoms with Crippen LogP contribution in [0.3, 0.4) is 0 Å². The third kappa shape index (κ3) is 5.24. The normalized spacial score (nSPS) is 12.8. The fourth-order valence-electron chi connectivity index (χ4n) is 2.85. The van der Waals surface area contributed by atoms with Crippen LogP contribution in [0, 0.1) is 13.8 Å². The molecule has 0 aliphatic rings. The van der Waals surface area contributed by atoms with Crippen molar-refractivity contribution in [3.63, 3.8) is 0 Å². The second-order valence-electron chi connectivity index (χ2n) is 6.15. The summed E-state index contributed by atoms with van der Waals surface area (Å²) in [6, 6.07) is 9.83. The molecule has 25 heavy (non-hydrogen) atoms. The first-order valence-corrected chi connectivity index (χ1v) is 8.55. The van der Waals surface area contributed by atoms with Crippen LogP contribution >= 0.6 is 0 Å². The molecule has 1 aromatic carbocycles. The summed E-state index contributed by atoms with van der Waals surface area (Å²) in [5.41, 5.74) is 2.12. The molecule has 1 N–H and O–H groups in total. The van der Waals surface area contributed by atoms with Crippen molar-refractivity contribution < 1.29 is 9.26 Å². The quantitative estimate of drug-likeness (QED) is 0.618. The number of aromatic nitrogens is 1. The van der Waals surface area contributed by atoms with E-state index in [9.17, 15) is 0 Å². The number of para-hydroxylation sites is 1. The maximum absolute atomic E-state index is 5.74. The van der Waals surface area contributed by atoms with Gasteiger partial charge < -0.3 is 19.5 Å². The Hall–Kier alpha value is -2.50. The Morgan fingerprint density at radius 3 is 2.64 bits per heavy atom. The lowest BCUT2D eigenvalue weighted by atomic mass is 10.00. The highest BCUT2D eigenvalue weighted by atomic mass is 16.5. The molecule has 0 bridgehead atoms. The summed E-state index contributed by atoms with van der Waals surface area (Å²) in [7, 11) is 3.79. The Morgan fingerprint density at radius 2 is 2.04 bits per heavy atom. The molecule has 1 atom stereocenters. The zero-order valence-electron chi connectivity index (χ0n) is 15.7. The van der Waals surface area contributed by atoms with Gasteiger partial charge in [0.2, 0.25) is 0 Å². The number of benzene rings is 1. The molecule has 136 valence electrons. The number of nitrogens with zero attached hydrogens (tertiary/aromatic N) is 3. The smallest absolute Gasteiger partial charge is 0.193 e. The van der Waals surface area contributed by atoms with Crippen molar-refractivity contribution in [3.8, 4) is 5.75 Å². The lowest BCUT2D eigenvalue weighted by molar-refractivity contribution is 0.281. The van der Waals surface area contributed by atoms with Gasteiger partial charge in [-0.1, -0.05) is 30.3 Å². The van der Waals surface area contributed by atoms with Gasteiger partial charge in [0.15, 0.2) is 5.96 Å². The van der Waals surface area contributed by atoms with Crippen molar-refractivity contribution in [1.29, 1.82) is 0 Å². The molecule has 0 aliphatic heterocycles. The predicted molar refractivity (Wildman–Crippen MR) is 100 cm³/mol. The number of guanidine groups is 1. The molecule has 0 saturated carbocycles. The number of aliphatic imine (C=N–C) groups is 1. The third-order valence-electron chi connectivity index (χ3n) is 4.16. The maximum atomic E-state index is 5.74. The molecule has 1 unspecified atom stereocenters. The van der Waals surface area contributed by atoms with Crippen LogP contribution in [0.2, 0.25) is 0 Å². The van der Waals surface area contributed by atoms with Crippen molar-refractivity contribution in [2.45, 2.75) is 26.7 Å². The van der Waals surface area contributed by atoms with E-state index in [1.807, 2.05) is 51.2 Å². The first kappa shape index (κ1) is 18.8. The summed E-state index contributed by atoms with van der Waals surface area (Å²) in [6.07, 6.45) is 0. The van der Waals surface area contributed by atoms with E-state index < -0.39 is 0 Å². The molecular formula is C19H28N4O2. The van der Waals surface area contributed by atoms with E-state index in [1.165, 1.54) is 0 Å². The van der Waals surface area contributed by atoms with Gasteiger partial charge in [0.1, 0.15) is 18.1 Å². The van der Waals surface area contributed by atoms with Gasteiger partial charge in [-0.2, -0.15) is 0 Å². The monoisotopic (exact) mass is 344 g/mol. The number of hydrogen-bond donors (Lipinski definition) is 1. The number of hydrogen-bond acceptors (Lipinski definition) is 4. The summed E-state index contributed by atoms with van der Waals surface area (Å²) in [6.45, 7) is 8.19. The van der Waals surface area contributed by atoms with Crippen molar-refractivity contribution in [3.05, 3.63) is 47.3 Å². The maximum Gasteiger partial charge on any atom is 0.193 e. The fraction of sp³-hybridized carbons (Fsp3) is 0.474. The van der Waals surface area contributed by atoms with E-state index in [0.29, 0.717) is 6.61 Å². The van der Waals surface area contributed by atoms with Gasteiger partial charge in [-0.05, 0) is 26.0 Å². The van der Waals surface area contributed by atoms with Crippen molar-refractivity contribution >= 4 is 5.96 Å². The fourth-order valence-corrected chi connectivity index (χ4v) is 2.85. The van der Waals surface area contributed by atoms with E-state index in [1.54, 1.807) is 7.05 Å². The molecule has 2 aromatic rings. The summed E-state index contributed by atoms with van der Waals surface area (Å²) < 4.78 is 11.0. The van der Waals surface area contributed by atoms with Gasteiger partial charge >= 0.3 is 0 Å². The average Bonchev–Trinajstić information content (AvgIpc) is 2.95. The van der Waals surface area contributed by atoms with Crippen LogP contribution in [0.25, 0.3) is 0 Å². The molecule has 1 aromatic heterocycles. The largest absolute Gasteiger partial charge is 0.492 e. The Morgan fingerprint density at radius 1 is 1.32 bits per heavy atom. The molecule has 1 heterocycles. The molecule has 2 rings (SSSR count). The highest BCUT2D eigenvalue weighted by Gasteiger charge is 2.17. The standard InChI is InChI=1S/C19H28N4O2/c1-14(18-15(2)22-25-16(18)3)13-21-19(20-4)23(5)11-12-24-17-9-7-6-8-10-17/h6-10,14H,11-13H2,1-5H3,(H,20,21). The van der Waals surface area contributed by atoms with Crippen LogP contribution in [0.5, 0.6) is 5.75 Å². The van der Waals surface area contributed by atoms with Gasteiger partial charge in [-0.15, -0.1) is 0 Å². The van der Waals surface area contributed by atoms with Crippen molar-refractivity contribution in [2.75, 3.05) is 33.8 Å². The number of likely N-dealkylation sites (N-methyl/N-ethyl adjacent to an activating group) is 1. The van der Waals surface area contributed by atoms with Crippen LogP contribution < -0.4 is 10.1 Å². The van der Waals surface area contributed by atoms with Crippen LogP contribution in [0.4, 0.5) is 0 Å². The molecule has 0 saturated heterocycles. The van der Waals surface area contributed by atoms with Crippen LogP contribution in [-0.4, -0.2) is 49.8 Å². The minimum absolute atomic E-state index is 0.289. The highest BCUT2D eigenvalue weighted by Crippen LogP contribution is 2.22. The number of aryl methyl sites for hydroxylation is 2. The number of ether oxygens (including phenoxy) is 1. The molecule has 0 aliphatic carbocycles. The second-order valence-corrected chi connectivity index (χ2v) is 6.15. The topological polar surface area (TPSA) is 62.9 Å². The van der Waals surface area contributed by atoms with Gasteiger partial charge in [0.05, 0.1) is 12.2 Å². The third-order valence-corrected chi connectivity index (χ3v) is 4.16. The van der Waals surface area contributed by atoms with Gasteiger partial charge in [-0.3, -0.25) is 4.99 Å². The van der Waals surface area contributed by atoms with Gasteiger partial charge in [0.25, 0.3) is 0 Å². The predicted octanol–water partition coefficient (Wildman–Crippen LogP) is 2.98. The van der Waals surface area contributed by atoms with E-state index in [0.717, 1.165) is 41.8 Å². The second kappa shape index (κ2) is 9.11. The Balaban J connectivity index is 1.81. The van der Waals surface area contributed by atoms with E-state index in [-0.39, 0.29) is 5.92 Å². The molecule has 6 heteroatoms. The zero-order valence-corrected chi connectivity index (χ0v) is 15.7. The zero-order chi connectivity index (χ0) is 18.2. The van der Waals surface area contributed by atoms with Gasteiger partial charge in [-0.25, -0.2) is 0 Å². The minimum atomic E-state index is 0.289. The SMILES string of the molecule is CN=C(NCC(C)c1c(C)noc1C)N(C)CCOc1ccccc1. The highest BCUT2D eigenvalue weighted by molar-refractivity contribution is 5.79. The number of nitrogens with one attached hydrogen (secondary N) is 1. The van der Waals surface area contributed by atoms with Crippen LogP contribution in [-0.2, 0) is 0 Å². The van der Waals surface area contributed by atoms with Crippen LogP contribution in [0.1, 0.15) is 29.9 Å². The Kier molecular flexibility index (Phi) is 6.86. The van der Waals surface area contributed by atoms with E-state index in [2.05, 4.69) is 27.3 Å². The number of rotatable bonds is 7. The lowest BCUT2D eigenvalue weighted by Gasteiger charge is -2.23. The summed E-state index contributed by atoms with van der Waals surface area (Å²) >= 11 is 0. The molecular weight excluding hydrogens is 316 g/mol. The lowest BCUT2D eigenvalue weighted by Crippen LogP contribution is -2.42. The summed E-state index contributed by atoms with van der Waals surface area (Å²) in [4.78, 5) is 6.41. The Bertz CT molecular complexity index is 662. The van der Waals surface area contributed by atoms with E-state index in [4.69, 9.17) is 9.26 Å². The molecule has 0 spiro atoms. The summed E-state index contributed by atoms with van der Waals surface area (Å²) in [5, 5.41) is 7.44. The van der Waals surface area contributed by atoms with E-state index >= 15 is 0 Å². The van der Waals surface area contributed by atoms with Crippen molar-refractivity contribution in [1.82, 2.24) is 15.4 Å². The summed E-state index contributed by atoms with van der Waals surface area (Å²) in [5.74, 6) is 2.89. The van der Waals surface area contributed by atoms with Gasteiger partial charge in [0, 0.05) is 32.1 Å². The molecule has 0 radical (unpaired) electrons. The molecule has 6 nitrogen and oxygen atoms in total. The molecule has 0 fully saturated rings. The Labute approximate surface area is 149 Å². The van der Waals surface area contributed by atoms with Crippen LogP contribution in [0.15, 0.2) is 39.8 Å². The first-order valence-electron chi connectivity index (χ1n) is 8.55. The minimum Gasteiger partial charge on any atom is -0.492 e. The first-order chi connectivity index (χ1) is 12.0. The average molecular weight is 344 g/mol. The van der Waals surface area contributed by atoms with Crippen molar-refractivity contribution in [2.24, 2.45) is 4.99 Å². The molecule has 0 amide bonds.